The van der Waals surface area contributed by atoms with Crippen molar-refractivity contribution >= 4 is 11.7 Å². The maximum atomic E-state index is 12.7. The van der Waals surface area contributed by atoms with Gasteiger partial charge in [-0.25, -0.2) is 4.98 Å². The Bertz CT molecular complexity index is 360. The van der Waals surface area contributed by atoms with Gasteiger partial charge >= 0.3 is 0 Å². The van der Waals surface area contributed by atoms with E-state index in [1.54, 1.807) is 0 Å². The largest absolute Gasteiger partial charge is 0.385 e. The molecule has 0 aliphatic rings. The van der Waals surface area contributed by atoms with Crippen LogP contribution in [0, 0.1) is 5.95 Å². The lowest BCUT2D eigenvalue weighted by Gasteiger charge is -2.10. The number of nitrogens with zero attached hydrogens (tertiary/aromatic N) is 1. The SMILES string of the molecule is COCCC(N)C(=O)Nc1cccc(F)n1. The Morgan fingerprint density at radius 2 is 2.44 bits per heavy atom. The minimum atomic E-state index is -0.690. The highest BCUT2D eigenvalue weighted by Gasteiger charge is 2.13. The molecule has 16 heavy (non-hydrogen) atoms. The zero-order chi connectivity index (χ0) is 12.0. The molecule has 1 aromatic heterocycles. The average molecular weight is 227 g/mol. The molecule has 0 spiro atoms. The number of nitrogens with one attached hydrogen (secondary N) is 1. The van der Waals surface area contributed by atoms with Crippen LogP contribution in [0.5, 0.6) is 0 Å². The molecule has 1 amide bonds. The molecule has 1 aromatic rings. The van der Waals surface area contributed by atoms with Crippen LogP contribution in [0.1, 0.15) is 6.42 Å². The molecule has 1 atom stereocenters. The molecule has 1 unspecified atom stereocenters. The van der Waals surface area contributed by atoms with Crippen molar-refractivity contribution in [3.05, 3.63) is 24.1 Å². The number of carbonyl (C=O) groups excluding carboxylic acids is 1. The van der Waals surface area contributed by atoms with Gasteiger partial charge in [0.1, 0.15) is 5.82 Å². The van der Waals surface area contributed by atoms with Gasteiger partial charge in [0.05, 0.1) is 6.04 Å². The van der Waals surface area contributed by atoms with Crippen LogP contribution in [-0.2, 0) is 9.53 Å². The van der Waals surface area contributed by atoms with Crippen molar-refractivity contribution < 1.29 is 13.9 Å². The summed E-state index contributed by atoms with van der Waals surface area (Å²) in [6.45, 7) is 0.394. The second-order valence-corrected chi connectivity index (χ2v) is 3.22. The van der Waals surface area contributed by atoms with E-state index in [1.807, 2.05) is 0 Å². The molecule has 1 rings (SSSR count). The monoisotopic (exact) mass is 227 g/mol. The molecule has 0 bridgehead atoms. The number of pyridine rings is 1. The summed E-state index contributed by atoms with van der Waals surface area (Å²) < 4.78 is 17.5. The molecule has 0 aliphatic carbocycles. The van der Waals surface area contributed by atoms with E-state index in [2.05, 4.69) is 10.3 Å². The van der Waals surface area contributed by atoms with Gasteiger partial charge in [-0.15, -0.1) is 0 Å². The molecule has 0 aromatic carbocycles. The van der Waals surface area contributed by atoms with Gasteiger partial charge in [-0.1, -0.05) is 6.07 Å². The standard InChI is InChI=1S/C10H14FN3O2/c1-16-6-5-7(12)10(15)14-9-4-2-3-8(11)13-9/h2-4,7H,5-6,12H2,1H3,(H,13,14,15). The van der Waals surface area contributed by atoms with E-state index >= 15 is 0 Å². The smallest absolute Gasteiger partial charge is 0.242 e. The fourth-order valence-electron chi connectivity index (χ4n) is 1.07. The molecule has 88 valence electrons. The molecule has 0 fully saturated rings. The number of hydrogen-bond donors (Lipinski definition) is 2. The minimum absolute atomic E-state index is 0.151. The number of aromatic nitrogens is 1. The Morgan fingerprint density at radius 1 is 1.69 bits per heavy atom. The maximum absolute atomic E-state index is 12.7. The summed E-state index contributed by atoms with van der Waals surface area (Å²) in [7, 11) is 1.53. The van der Waals surface area contributed by atoms with E-state index < -0.39 is 17.9 Å². The molecule has 5 nitrogen and oxygen atoms in total. The van der Waals surface area contributed by atoms with E-state index in [-0.39, 0.29) is 5.82 Å². The predicted octanol–water partition coefficient (Wildman–Crippen LogP) is 0.523. The maximum Gasteiger partial charge on any atom is 0.242 e. The number of halogens is 1. The van der Waals surface area contributed by atoms with Crippen molar-refractivity contribution in [2.75, 3.05) is 19.0 Å². The number of nitrogens with two attached hydrogens (primary N) is 1. The number of amides is 1. The molecule has 0 saturated carbocycles. The lowest BCUT2D eigenvalue weighted by atomic mass is 10.2. The molecule has 0 radical (unpaired) electrons. The van der Waals surface area contributed by atoms with Crippen LogP contribution in [0.2, 0.25) is 0 Å². The number of anilines is 1. The second-order valence-electron chi connectivity index (χ2n) is 3.22. The van der Waals surface area contributed by atoms with Crippen LogP contribution < -0.4 is 11.1 Å². The topological polar surface area (TPSA) is 77.2 Å². The van der Waals surface area contributed by atoms with Crippen molar-refractivity contribution in [3.63, 3.8) is 0 Å². The van der Waals surface area contributed by atoms with Crippen LogP contribution in [0.15, 0.2) is 18.2 Å². The van der Waals surface area contributed by atoms with E-state index in [0.717, 1.165) is 0 Å². The minimum Gasteiger partial charge on any atom is -0.385 e. The first-order valence-corrected chi connectivity index (χ1v) is 4.81. The first-order valence-electron chi connectivity index (χ1n) is 4.81. The highest BCUT2D eigenvalue weighted by atomic mass is 19.1. The quantitative estimate of drug-likeness (QED) is 0.719. The zero-order valence-corrected chi connectivity index (χ0v) is 8.94. The molecule has 1 heterocycles. The molecular weight excluding hydrogens is 213 g/mol. The molecule has 0 aliphatic heterocycles. The van der Waals surface area contributed by atoms with Crippen molar-refractivity contribution in [2.45, 2.75) is 12.5 Å². The predicted molar refractivity (Wildman–Crippen MR) is 57.3 cm³/mol. The first kappa shape index (κ1) is 12.5. The fourth-order valence-corrected chi connectivity index (χ4v) is 1.07. The second kappa shape index (κ2) is 6.14. The van der Waals surface area contributed by atoms with Gasteiger partial charge in [-0.2, -0.15) is 4.39 Å². The number of hydrogen-bond acceptors (Lipinski definition) is 4. The summed E-state index contributed by atoms with van der Waals surface area (Å²) in [6, 6.07) is 3.45. The third-order valence-electron chi connectivity index (χ3n) is 1.94. The van der Waals surface area contributed by atoms with Gasteiger partial charge in [-0.05, 0) is 18.6 Å². The summed E-state index contributed by atoms with van der Waals surface area (Å²) in [4.78, 5) is 15.0. The van der Waals surface area contributed by atoms with Gasteiger partial charge in [0.2, 0.25) is 11.9 Å². The van der Waals surface area contributed by atoms with Crippen molar-refractivity contribution in [1.29, 1.82) is 0 Å². The van der Waals surface area contributed by atoms with Crippen molar-refractivity contribution in [2.24, 2.45) is 5.73 Å². The third-order valence-corrected chi connectivity index (χ3v) is 1.94. The molecule has 0 saturated heterocycles. The summed E-state index contributed by atoms with van der Waals surface area (Å²) in [5, 5.41) is 2.42. The number of carbonyl (C=O) groups is 1. The fraction of sp³-hybridized carbons (Fsp3) is 0.400. The summed E-state index contributed by atoms with van der Waals surface area (Å²) in [5.41, 5.74) is 5.58. The summed E-state index contributed by atoms with van der Waals surface area (Å²) in [5.74, 6) is -0.906. The van der Waals surface area contributed by atoms with E-state index in [0.29, 0.717) is 13.0 Å². The van der Waals surface area contributed by atoms with Gasteiger partial charge < -0.3 is 15.8 Å². The highest BCUT2D eigenvalue weighted by Crippen LogP contribution is 2.04. The Balaban J connectivity index is 2.50. The van der Waals surface area contributed by atoms with Gasteiger partial charge in [0.25, 0.3) is 0 Å². The van der Waals surface area contributed by atoms with Crippen molar-refractivity contribution in [3.8, 4) is 0 Å². The van der Waals surface area contributed by atoms with E-state index in [4.69, 9.17) is 10.5 Å². The molecule has 6 heteroatoms. The normalized spacial score (nSPS) is 12.2. The summed E-state index contributed by atoms with van der Waals surface area (Å²) in [6.07, 6.45) is 0.400. The lowest BCUT2D eigenvalue weighted by Crippen LogP contribution is -2.36. The van der Waals surface area contributed by atoms with Crippen LogP contribution in [0.25, 0.3) is 0 Å². The Kier molecular flexibility index (Phi) is 4.81. The Morgan fingerprint density at radius 3 is 3.06 bits per heavy atom. The van der Waals surface area contributed by atoms with Crippen molar-refractivity contribution in [1.82, 2.24) is 4.98 Å². The van der Waals surface area contributed by atoms with Crippen LogP contribution in [-0.4, -0.2) is 30.6 Å². The Labute approximate surface area is 92.8 Å². The van der Waals surface area contributed by atoms with Gasteiger partial charge in [0, 0.05) is 13.7 Å². The average Bonchev–Trinajstić information content (AvgIpc) is 2.25. The van der Waals surface area contributed by atoms with Crippen LogP contribution in [0.3, 0.4) is 0 Å². The highest BCUT2D eigenvalue weighted by molar-refractivity contribution is 5.93. The van der Waals surface area contributed by atoms with E-state index in [9.17, 15) is 9.18 Å². The van der Waals surface area contributed by atoms with Crippen LogP contribution in [0.4, 0.5) is 10.2 Å². The van der Waals surface area contributed by atoms with E-state index in [1.165, 1.54) is 25.3 Å². The first-order chi connectivity index (χ1) is 7.63. The number of rotatable bonds is 5. The number of ether oxygens (including phenoxy) is 1. The van der Waals surface area contributed by atoms with Gasteiger partial charge in [-0.3, -0.25) is 4.79 Å². The van der Waals surface area contributed by atoms with Gasteiger partial charge in [0.15, 0.2) is 0 Å². The Hall–Kier alpha value is -1.53. The zero-order valence-electron chi connectivity index (χ0n) is 8.94. The van der Waals surface area contributed by atoms with Crippen LogP contribution >= 0.6 is 0 Å². The number of methoxy groups -OCH3 is 1. The summed E-state index contributed by atoms with van der Waals surface area (Å²) >= 11 is 0. The molecular formula is C10H14FN3O2. The molecule has 3 N–H and O–H groups in total. The third kappa shape index (κ3) is 3.92. The lowest BCUT2D eigenvalue weighted by molar-refractivity contribution is -0.117.